The predicted octanol–water partition coefficient (Wildman–Crippen LogP) is 2.16. The molecule has 5 nitrogen and oxygen atoms in total. The highest BCUT2D eigenvalue weighted by Crippen LogP contribution is 2.32. The van der Waals surface area contributed by atoms with E-state index < -0.39 is 6.10 Å². The number of carbonyl (C=O) groups is 1. The van der Waals surface area contributed by atoms with Gasteiger partial charge in [0.2, 0.25) is 12.7 Å². The molecule has 1 aromatic rings. The van der Waals surface area contributed by atoms with Crippen LogP contribution in [0.4, 0.5) is 0 Å². The molecule has 2 N–H and O–H groups in total. The van der Waals surface area contributed by atoms with Gasteiger partial charge in [-0.15, -0.1) is 0 Å². The molecule has 2 aliphatic rings. The number of aliphatic hydroxyl groups is 1. The zero-order valence-corrected chi connectivity index (χ0v) is 12.7. The third-order valence-electron chi connectivity index (χ3n) is 4.38. The summed E-state index contributed by atoms with van der Waals surface area (Å²) in [5, 5.41) is 13.2. The van der Waals surface area contributed by atoms with Crippen LogP contribution < -0.4 is 14.8 Å². The largest absolute Gasteiger partial charge is 0.454 e. The lowest BCUT2D eigenvalue weighted by molar-refractivity contribution is -0.122. The van der Waals surface area contributed by atoms with E-state index in [1.54, 1.807) is 0 Å². The molecule has 0 spiro atoms. The lowest BCUT2D eigenvalue weighted by Gasteiger charge is -2.26. The van der Waals surface area contributed by atoms with Crippen LogP contribution in [0.2, 0.25) is 0 Å². The van der Waals surface area contributed by atoms with Gasteiger partial charge in [-0.05, 0) is 30.5 Å². The summed E-state index contributed by atoms with van der Waals surface area (Å²) < 4.78 is 10.6. The molecule has 3 rings (SSSR count). The van der Waals surface area contributed by atoms with Gasteiger partial charge in [-0.3, -0.25) is 4.79 Å². The number of ether oxygens (including phenoxy) is 2. The highest BCUT2D eigenvalue weighted by atomic mass is 16.7. The van der Waals surface area contributed by atoms with Gasteiger partial charge < -0.3 is 19.9 Å². The van der Waals surface area contributed by atoms with Crippen molar-refractivity contribution in [3.05, 3.63) is 23.8 Å². The van der Waals surface area contributed by atoms with Crippen LogP contribution in [-0.4, -0.2) is 30.0 Å². The Kier molecular flexibility index (Phi) is 4.83. The Bertz CT molecular complexity index is 531. The molecule has 1 saturated carbocycles. The van der Waals surface area contributed by atoms with Crippen LogP contribution in [0.3, 0.4) is 0 Å². The summed E-state index contributed by atoms with van der Waals surface area (Å²) in [4.78, 5) is 12.2. The first-order valence-corrected chi connectivity index (χ1v) is 8.08. The van der Waals surface area contributed by atoms with E-state index in [9.17, 15) is 9.90 Å². The molecule has 1 aliphatic carbocycles. The number of hydrogen-bond acceptors (Lipinski definition) is 4. The number of rotatable bonds is 3. The van der Waals surface area contributed by atoms with Crippen molar-refractivity contribution in [1.29, 1.82) is 0 Å². The fourth-order valence-corrected chi connectivity index (χ4v) is 3.13. The minimum Gasteiger partial charge on any atom is -0.454 e. The maximum atomic E-state index is 12.2. The molecular formula is C17H23NO4. The van der Waals surface area contributed by atoms with Crippen LogP contribution in [-0.2, 0) is 11.2 Å². The van der Waals surface area contributed by atoms with Gasteiger partial charge in [0.15, 0.2) is 11.5 Å². The highest BCUT2D eigenvalue weighted by molar-refractivity contribution is 5.79. The molecule has 2 atom stereocenters. The predicted molar refractivity (Wildman–Crippen MR) is 81.9 cm³/mol. The van der Waals surface area contributed by atoms with E-state index in [-0.39, 0.29) is 18.7 Å². The van der Waals surface area contributed by atoms with Gasteiger partial charge in [0.25, 0.3) is 0 Å². The number of nitrogens with one attached hydrogen (secondary N) is 1. The molecule has 0 aromatic heterocycles. The van der Waals surface area contributed by atoms with Crippen LogP contribution in [0.1, 0.15) is 44.1 Å². The van der Waals surface area contributed by atoms with Crippen molar-refractivity contribution in [2.24, 2.45) is 0 Å². The molecule has 1 heterocycles. The zero-order chi connectivity index (χ0) is 15.4. The molecule has 0 unspecified atom stereocenters. The average Bonchev–Trinajstić information content (AvgIpc) is 2.94. The summed E-state index contributed by atoms with van der Waals surface area (Å²) in [6.07, 6.45) is 5.95. The second-order valence-electron chi connectivity index (χ2n) is 6.10. The molecule has 5 heteroatoms. The molecule has 0 saturated heterocycles. The smallest absolute Gasteiger partial charge is 0.231 e. The van der Waals surface area contributed by atoms with E-state index in [1.807, 2.05) is 18.2 Å². The Balaban J connectivity index is 1.57. The fraction of sp³-hybridized carbons (Fsp3) is 0.588. The van der Waals surface area contributed by atoms with Gasteiger partial charge in [-0.1, -0.05) is 31.7 Å². The van der Waals surface area contributed by atoms with Gasteiger partial charge in [0.1, 0.15) is 0 Å². The SMILES string of the molecule is O=C(Cc1ccc2c(c1)OCO2)N[C@H]1CCCCCC[C@@H]1O. The minimum absolute atomic E-state index is 0.0523. The summed E-state index contributed by atoms with van der Waals surface area (Å²) >= 11 is 0. The molecule has 1 amide bonds. The maximum absolute atomic E-state index is 12.2. The monoisotopic (exact) mass is 305 g/mol. The second-order valence-corrected chi connectivity index (χ2v) is 6.10. The summed E-state index contributed by atoms with van der Waals surface area (Å²) in [6.45, 7) is 0.235. The summed E-state index contributed by atoms with van der Waals surface area (Å²) in [5.41, 5.74) is 0.891. The Labute approximate surface area is 130 Å². The van der Waals surface area contributed by atoms with Crippen molar-refractivity contribution < 1.29 is 19.4 Å². The van der Waals surface area contributed by atoms with Crippen molar-refractivity contribution >= 4 is 5.91 Å². The van der Waals surface area contributed by atoms with Crippen LogP contribution in [0.15, 0.2) is 18.2 Å². The van der Waals surface area contributed by atoms with E-state index in [2.05, 4.69) is 5.32 Å². The van der Waals surface area contributed by atoms with Crippen molar-refractivity contribution in [2.75, 3.05) is 6.79 Å². The lowest BCUT2D eigenvalue weighted by Crippen LogP contribution is -2.44. The second kappa shape index (κ2) is 7.01. The van der Waals surface area contributed by atoms with Gasteiger partial charge in [-0.25, -0.2) is 0 Å². The van der Waals surface area contributed by atoms with Crippen molar-refractivity contribution in [3.63, 3.8) is 0 Å². The Hall–Kier alpha value is -1.75. The first kappa shape index (κ1) is 15.2. The minimum atomic E-state index is -0.430. The van der Waals surface area contributed by atoms with Crippen LogP contribution in [0.25, 0.3) is 0 Å². The van der Waals surface area contributed by atoms with Gasteiger partial charge in [-0.2, -0.15) is 0 Å². The van der Waals surface area contributed by atoms with Crippen molar-refractivity contribution in [1.82, 2.24) is 5.32 Å². The highest BCUT2D eigenvalue weighted by Gasteiger charge is 2.22. The van der Waals surface area contributed by atoms with Crippen molar-refractivity contribution in [3.8, 4) is 11.5 Å². The molecule has 1 aliphatic heterocycles. The van der Waals surface area contributed by atoms with E-state index in [0.29, 0.717) is 12.2 Å². The Morgan fingerprint density at radius 1 is 1.14 bits per heavy atom. The third kappa shape index (κ3) is 3.71. The number of benzene rings is 1. The first-order valence-electron chi connectivity index (χ1n) is 8.08. The van der Waals surface area contributed by atoms with E-state index >= 15 is 0 Å². The van der Waals surface area contributed by atoms with E-state index in [0.717, 1.165) is 37.0 Å². The molecule has 1 fully saturated rings. The van der Waals surface area contributed by atoms with Gasteiger partial charge >= 0.3 is 0 Å². The van der Waals surface area contributed by atoms with Crippen LogP contribution in [0.5, 0.6) is 11.5 Å². The summed E-state index contributed by atoms with van der Waals surface area (Å²) in [6, 6.07) is 5.43. The number of fused-ring (bicyclic) bond motifs is 1. The number of carbonyl (C=O) groups excluding carboxylic acids is 1. The summed E-state index contributed by atoms with van der Waals surface area (Å²) in [5.74, 6) is 1.36. The van der Waals surface area contributed by atoms with Crippen molar-refractivity contribution in [2.45, 2.75) is 57.1 Å². The zero-order valence-electron chi connectivity index (χ0n) is 12.7. The summed E-state index contributed by atoms with van der Waals surface area (Å²) in [7, 11) is 0. The molecule has 1 aromatic carbocycles. The Morgan fingerprint density at radius 3 is 2.77 bits per heavy atom. The van der Waals surface area contributed by atoms with Crippen LogP contribution >= 0.6 is 0 Å². The maximum Gasteiger partial charge on any atom is 0.231 e. The topological polar surface area (TPSA) is 67.8 Å². The molecule has 0 radical (unpaired) electrons. The lowest BCUT2D eigenvalue weighted by atomic mass is 9.94. The molecule has 120 valence electrons. The fourth-order valence-electron chi connectivity index (χ4n) is 3.13. The third-order valence-corrected chi connectivity index (χ3v) is 4.38. The number of amides is 1. The van der Waals surface area contributed by atoms with E-state index in [4.69, 9.17) is 9.47 Å². The average molecular weight is 305 g/mol. The number of aliphatic hydroxyl groups excluding tert-OH is 1. The van der Waals surface area contributed by atoms with Gasteiger partial charge in [0, 0.05) is 0 Å². The van der Waals surface area contributed by atoms with Crippen LogP contribution in [0, 0.1) is 0 Å². The normalized spacial score (nSPS) is 24.4. The molecule has 22 heavy (non-hydrogen) atoms. The Morgan fingerprint density at radius 2 is 1.91 bits per heavy atom. The van der Waals surface area contributed by atoms with Gasteiger partial charge in [0.05, 0.1) is 18.6 Å². The quantitative estimate of drug-likeness (QED) is 0.898. The first-order chi connectivity index (χ1) is 10.7. The molecular weight excluding hydrogens is 282 g/mol. The standard InChI is InChI=1S/C17H23NO4/c19-14-6-4-2-1-3-5-13(14)18-17(20)10-12-7-8-15-16(9-12)22-11-21-15/h7-9,13-14,19H,1-6,10-11H2,(H,18,20)/t13-,14-/m0/s1. The number of hydrogen-bond donors (Lipinski definition) is 2. The molecule has 0 bridgehead atoms. The van der Waals surface area contributed by atoms with E-state index in [1.165, 1.54) is 12.8 Å².